The van der Waals surface area contributed by atoms with Gasteiger partial charge >= 0.3 is 0 Å². The summed E-state index contributed by atoms with van der Waals surface area (Å²) in [5.41, 5.74) is 8.20. The lowest BCUT2D eigenvalue weighted by Gasteiger charge is -2.13. The standard InChI is InChI=1S/C13H18BrNO/c1-9-4-5-13(16-8-10(2)14)12(6-9)7-11(3)15/h4-6,11H,2,7-8,15H2,1,3H3. The van der Waals surface area contributed by atoms with Crippen LogP contribution in [0.25, 0.3) is 0 Å². The fourth-order valence-electron chi connectivity index (χ4n) is 1.51. The van der Waals surface area contributed by atoms with Gasteiger partial charge in [-0.2, -0.15) is 0 Å². The van der Waals surface area contributed by atoms with E-state index in [4.69, 9.17) is 10.5 Å². The highest BCUT2D eigenvalue weighted by Gasteiger charge is 2.06. The summed E-state index contributed by atoms with van der Waals surface area (Å²) in [5.74, 6) is 0.892. The number of hydrogen-bond donors (Lipinski definition) is 1. The topological polar surface area (TPSA) is 35.2 Å². The SMILES string of the molecule is C=C(Br)COc1ccc(C)cc1CC(C)N. The lowest BCUT2D eigenvalue weighted by Crippen LogP contribution is -2.18. The van der Waals surface area contributed by atoms with Crippen LogP contribution in [0.3, 0.4) is 0 Å². The fourth-order valence-corrected chi connectivity index (χ4v) is 1.63. The van der Waals surface area contributed by atoms with Crippen molar-refractivity contribution in [2.75, 3.05) is 6.61 Å². The number of benzene rings is 1. The summed E-state index contributed by atoms with van der Waals surface area (Å²) in [4.78, 5) is 0. The van der Waals surface area contributed by atoms with Crippen molar-refractivity contribution < 1.29 is 4.74 Å². The second-order valence-electron chi connectivity index (χ2n) is 4.10. The average molecular weight is 284 g/mol. The van der Waals surface area contributed by atoms with Crippen LogP contribution in [0.15, 0.2) is 29.3 Å². The Balaban J connectivity index is 2.84. The van der Waals surface area contributed by atoms with Crippen molar-refractivity contribution in [3.63, 3.8) is 0 Å². The van der Waals surface area contributed by atoms with Crippen LogP contribution >= 0.6 is 15.9 Å². The Labute approximate surface area is 106 Å². The van der Waals surface area contributed by atoms with E-state index in [1.165, 1.54) is 5.56 Å². The van der Waals surface area contributed by atoms with E-state index >= 15 is 0 Å². The molecule has 0 amide bonds. The van der Waals surface area contributed by atoms with Gasteiger partial charge in [0.05, 0.1) is 0 Å². The van der Waals surface area contributed by atoms with E-state index in [1.54, 1.807) is 0 Å². The Hall–Kier alpha value is -0.800. The molecule has 0 bridgehead atoms. The second kappa shape index (κ2) is 6.06. The highest BCUT2D eigenvalue weighted by molar-refractivity contribution is 9.11. The molecule has 0 fully saturated rings. The summed E-state index contributed by atoms with van der Waals surface area (Å²) in [6.07, 6.45) is 0.825. The molecule has 0 aliphatic heterocycles. The van der Waals surface area contributed by atoms with E-state index in [-0.39, 0.29) is 6.04 Å². The molecule has 2 N–H and O–H groups in total. The van der Waals surface area contributed by atoms with E-state index in [9.17, 15) is 0 Å². The van der Waals surface area contributed by atoms with Crippen LogP contribution in [-0.4, -0.2) is 12.6 Å². The number of ether oxygens (including phenoxy) is 1. The highest BCUT2D eigenvalue weighted by Crippen LogP contribution is 2.22. The molecule has 1 aromatic rings. The van der Waals surface area contributed by atoms with E-state index in [1.807, 2.05) is 19.1 Å². The lowest BCUT2D eigenvalue weighted by atomic mass is 10.0. The molecule has 3 heteroatoms. The van der Waals surface area contributed by atoms with Gasteiger partial charge in [0.2, 0.25) is 0 Å². The first-order valence-corrected chi connectivity index (χ1v) is 6.09. The van der Waals surface area contributed by atoms with E-state index in [0.29, 0.717) is 6.61 Å². The zero-order chi connectivity index (χ0) is 12.1. The van der Waals surface area contributed by atoms with Crippen molar-refractivity contribution in [3.05, 3.63) is 40.4 Å². The highest BCUT2D eigenvalue weighted by atomic mass is 79.9. The normalized spacial score (nSPS) is 12.2. The molecular weight excluding hydrogens is 266 g/mol. The summed E-state index contributed by atoms with van der Waals surface area (Å²) >= 11 is 3.28. The third-order valence-corrected chi connectivity index (χ3v) is 2.37. The van der Waals surface area contributed by atoms with Crippen molar-refractivity contribution in [1.29, 1.82) is 0 Å². The summed E-state index contributed by atoms with van der Waals surface area (Å²) < 4.78 is 6.49. The monoisotopic (exact) mass is 283 g/mol. The van der Waals surface area contributed by atoms with E-state index < -0.39 is 0 Å². The minimum Gasteiger partial charge on any atom is -0.488 e. The van der Waals surface area contributed by atoms with E-state index in [0.717, 1.165) is 22.2 Å². The Morgan fingerprint density at radius 3 is 2.81 bits per heavy atom. The number of aryl methyl sites for hydroxylation is 1. The van der Waals surface area contributed by atoms with Crippen molar-refractivity contribution in [2.45, 2.75) is 26.3 Å². The number of halogens is 1. The van der Waals surface area contributed by atoms with Crippen LogP contribution in [0.2, 0.25) is 0 Å². The predicted octanol–water partition coefficient (Wildman–Crippen LogP) is 3.17. The molecule has 88 valence electrons. The van der Waals surface area contributed by atoms with Crippen LogP contribution in [0.1, 0.15) is 18.1 Å². The molecule has 0 spiro atoms. The predicted molar refractivity (Wildman–Crippen MR) is 72.1 cm³/mol. The van der Waals surface area contributed by atoms with Gasteiger partial charge in [-0.15, -0.1) is 0 Å². The molecule has 1 unspecified atom stereocenters. The maximum absolute atomic E-state index is 5.82. The van der Waals surface area contributed by atoms with Crippen molar-refractivity contribution in [3.8, 4) is 5.75 Å². The molecule has 0 radical (unpaired) electrons. The Bertz CT molecular complexity index is 374. The molecule has 0 aliphatic carbocycles. The zero-order valence-electron chi connectivity index (χ0n) is 9.79. The van der Waals surface area contributed by atoms with Gasteiger partial charge in [-0.3, -0.25) is 0 Å². The van der Waals surface area contributed by atoms with Gasteiger partial charge in [-0.05, 0) is 31.9 Å². The van der Waals surface area contributed by atoms with Gasteiger partial charge in [0.1, 0.15) is 12.4 Å². The smallest absolute Gasteiger partial charge is 0.123 e. The average Bonchev–Trinajstić information content (AvgIpc) is 2.15. The lowest BCUT2D eigenvalue weighted by molar-refractivity contribution is 0.356. The molecule has 1 rings (SSSR count). The van der Waals surface area contributed by atoms with Gasteiger partial charge in [0.25, 0.3) is 0 Å². The third-order valence-electron chi connectivity index (χ3n) is 2.14. The molecular formula is C13H18BrNO. The maximum Gasteiger partial charge on any atom is 0.123 e. The fraction of sp³-hybridized carbons (Fsp3) is 0.385. The van der Waals surface area contributed by atoms with Crippen LogP contribution < -0.4 is 10.5 Å². The van der Waals surface area contributed by atoms with Crippen molar-refractivity contribution in [1.82, 2.24) is 0 Å². The Morgan fingerprint density at radius 2 is 2.25 bits per heavy atom. The number of hydrogen-bond acceptors (Lipinski definition) is 2. The number of rotatable bonds is 5. The summed E-state index contributed by atoms with van der Waals surface area (Å²) in [6, 6.07) is 6.28. The van der Waals surface area contributed by atoms with Crippen LogP contribution in [0, 0.1) is 6.92 Å². The zero-order valence-corrected chi connectivity index (χ0v) is 11.4. The summed E-state index contributed by atoms with van der Waals surface area (Å²) in [5, 5.41) is 0. The molecule has 1 aromatic carbocycles. The summed E-state index contributed by atoms with van der Waals surface area (Å²) in [6.45, 7) is 8.29. The van der Waals surface area contributed by atoms with Gasteiger partial charge in [0, 0.05) is 10.5 Å². The molecule has 0 saturated carbocycles. The van der Waals surface area contributed by atoms with Crippen molar-refractivity contribution >= 4 is 15.9 Å². The Morgan fingerprint density at radius 1 is 1.56 bits per heavy atom. The van der Waals surface area contributed by atoms with Gasteiger partial charge < -0.3 is 10.5 Å². The quantitative estimate of drug-likeness (QED) is 0.901. The van der Waals surface area contributed by atoms with Crippen LogP contribution in [-0.2, 0) is 6.42 Å². The molecule has 16 heavy (non-hydrogen) atoms. The van der Waals surface area contributed by atoms with Gasteiger partial charge in [-0.25, -0.2) is 0 Å². The molecule has 0 heterocycles. The Kier molecular flexibility index (Phi) is 5.03. The molecule has 1 atom stereocenters. The van der Waals surface area contributed by atoms with Crippen molar-refractivity contribution in [2.24, 2.45) is 5.73 Å². The minimum absolute atomic E-state index is 0.135. The second-order valence-corrected chi connectivity index (χ2v) is 5.22. The molecule has 0 aromatic heterocycles. The van der Waals surface area contributed by atoms with Gasteiger partial charge in [0.15, 0.2) is 0 Å². The van der Waals surface area contributed by atoms with Crippen LogP contribution in [0.5, 0.6) is 5.75 Å². The first-order valence-electron chi connectivity index (χ1n) is 5.30. The third kappa shape index (κ3) is 4.37. The van der Waals surface area contributed by atoms with Crippen LogP contribution in [0.4, 0.5) is 0 Å². The van der Waals surface area contributed by atoms with Gasteiger partial charge in [-0.1, -0.05) is 40.2 Å². The minimum atomic E-state index is 0.135. The first-order chi connectivity index (χ1) is 7.49. The molecule has 0 saturated heterocycles. The van der Waals surface area contributed by atoms with E-state index in [2.05, 4.69) is 35.5 Å². The number of nitrogens with two attached hydrogens (primary N) is 1. The first kappa shape index (κ1) is 13.3. The molecule has 2 nitrogen and oxygen atoms in total. The maximum atomic E-state index is 5.82. The summed E-state index contributed by atoms with van der Waals surface area (Å²) in [7, 11) is 0. The molecule has 0 aliphatic rings. The largest absolute Gasteiger partial charge is 0.488 e.